The molecule has 0 radical (unpaired) electrons. The molecule has 1 amide bonds. The third-order valence-corrected chi connectivity index (χ3v) is 5.78. The summed E-state index contributed by atoms with van der Waals surface area (Å²) in [4.78, 5) is 20.7. The normalized spacial score (nSPS) is 23.6. The summed E-state index contributed by atoms with van der Waals surface area (Å²) in [5.41, 5.74) is 2.29. The number of rotatable bonds is 2. The second kappa shape index (κ2) is 6.34. The maximum absolute atomic E-state index is 13.2. The van der Waals surface area contributed by atoms with Crippen LogP contribution in [0, 0.1) is 0 Å². The van der Waals surface area contributed by atoms with Crippen molar-refractivity contribution >= 4 is 17.7 Å². The topological polar surface area (TPSA) is 45.2 Å². The number of thioether (sulfide) groups is 1. The van der Waals surface area contributed by atoms with Gasteiger partial charge in [-0.2, -0.15) is 0 Å². The summed E-state index contributed by atoms with van der Waals surface area (Å²) in [5, 5.41) is 3.40. The molecule has 2 atom stereocenters. The van der Waals surface area contributed by atoms with Gasteiger partial charge in [0, 0.05) is 42.7 Å². The molecule has 1 aromatic heterocycles. The summed E-state index contributed by atoms with van der Waals surface area (Å²) in [6, 6.07) is 12.4. The smallest absolute Gasteiger partial charge is 0.231 e. The van der Waals surface area contributed by atoms with Crippen LogP contribution in [0.1, 0.15) is 23.1 Å². The Morgan fingerprint density at radius 2 is 2.17 bits per heavy atom. The van der Waals surface area contributed by atoms with E-state index in [4.69, 9.17) is 0 Å². The van der Waals surface area contributed by atoms with Gasteiger partial charge in [0.2, 0.25) is 5.91 Å². The van der Waals surface area contributed by atoms with Gasteiger partial charge in [0.1, 0.15) is 0 Å². The molecule has 1 N–H and O–H groups in total. The zero-order chi connectivity index (χ0) is 15.6. The molecule has 1 saturated heterocycles. The standard InChI is InChI=1S/C18H19N3OS/c22-18(15-12-23-17-6-2-1-5-14(15)17)21-9-8-20-11-16(21)13-4-3-7-19-10-13/h1-7,10,15-16,20H,8-9,11-12H2. The van der Waals surface area contributed by atoms with Crippen LogP contribution < -0.4 is 5.32 Å². The summed E-state index contributed by atoms with van der Waals surface area (Å²) >= 11 is 1.79. The van der Waals surface area contributed by atoms with Crippen molar-refractivity contribution in [2.75, 3.05) is 25.4 Å². The van der Waals surface area contributed by atoms with Crippen LogP contribution in [-0.2, 0) is 4.79 Å². The number of hydrogen-bond donors (Lipinski definition) is 1. The van der Waals surface area contributed by atoms with Crippen LogP contribution in [0.5, 0.6) is 0 Å². The number of hydrogen-bond acceptors (Lipinski definition) is 4. The summed E-state index contributed by atoms with van der Waals surface area (Å²) in [6.45, 7) is 2.39. The van der Waals surface area contributed by atoms with Crippen molar-refractivity contribution in [3.05, 3.63) is 59.9 Å². The van der Waals surface area contributed by atoms with Crippen LogP contribution in [0.4, 0.5) is 0 Å². The summed E-state index contributed by atoms with van der Waals surface area (Å²) in [7, 11) is 0. The number of carbonyl (C=O) groups excluding carboxylic acids is 1. The molecule has 3 heterocycles. The highest BCUT2D eigenvalue weighted by molar-refractivity contribution is 7.99. The van der Waals surface area contributed by atoms with E-state index < -0.39 is 0 Å². The largest absolute Gasteiger partial charge is 0.332 e. The Bertz CT molecular complexity index is 706. The average Bonchev–Trinajstić information content (AvgIpc) is 3.06. The quantitative estimate of drug-likeness (QED) is 0.921. The van der Waals surface area contributed by atoms with E-state index in [1.807, 2.05) is 29.3 Å². The molecule has 1 fully saturated rings. The van der Waals surface area contributed by atoms with Crippen LogP contribution in [0.25, 0.3) is 0 Å². The van der Waals surface area contributed by atoms with Crippen molar-refractivity contribution in [3.8, 4) is 0 Å². The Hall–Kier alpha value is -1.85. The highest BCUT2D eigenvalue weighted by atomic mass is 32.2. The molecule has 23 heavy (non-hydrogen) atoms. The first-order valence-electron chi connectivity index (χ1n) is 7.97. The number of benzene rings is 1. The lowest BCUT2D eigenvalue weighted by atomic mass is 9.97. The molecule has 2 aliphatic rings. The van der Waals surface area contributed by atoms with Gasteiger partial charge in [0.25, 0.3) is 0 Å². The van der Waals surface area contributed by atoms with E-state index in [0.29, 0.717) is 0 Å². The van der Waals surface area contributed by atoms with Crippen LogP contribution in [-0.4, -0.2) is 41.2 Å². The minimum absolute atomic E-state index is 0.0199. The van der Waals surface area contributed by atoms with Crippen molar-refractivity contribution in [3.63, 3.8) is 0 Å². The molecule has 2 aliphatic heterocycles. The fraction of sp³-hybridized carbons (Fsp3) is 0.333. The van der Waals surface area contributed by atoms with Crippen molar-refractivity contribution < 1.29 is 4.79 Å². The number of piperazine rings is 1. The van der Waals surface area contributed by atoms with Crippen molar-refractivity contribution in [1.82, 2.24) is 15.2 Å². The first-order chi connectivity index (χ1) is 11.3. The fourth-order valence-corrected chi connectivity index (χ4v) is 4.63. The predicted octanol–water partition coefficient (Wildman–Crippen LogP) is 2.44. The summed E-state index contributed by atoms with van der Waals surface area (Å²) in [5.74, 6) is 1.08. The van der Waals surface area contributed by atoms with Gasteiger partial charge in [-0.05, 0) is 23.3 Å². The van der Waals surface area contributed by atoms with Crippen LogP contribution in [0.3, 0.4) is 0 Å². The zero-order valence-corrected chi connectivity index (χ0v) is 13.6. The summed E-state index contributed by atoms with van der Waals surface area (Å²) in [6.07, 6.45) is 3.64. The highest BCUT2D eigenvalue weighted by Gasteiger charge is 2.36. The minimum atomic E-state index is -0.0199. The fourth-order valence-electron chi connectivity index (χ4n) is 3.41. The van der Waals surface area contributed by atoms with Crippen molar-refractivity contribution in [2.45, 2.75) is 16.9 Å². The van der Waals surface area contributed by atoms with Gasteiger partial charge in [0.05, 0.1) is 12.0 Å². The molecular weight excluding hydrogens is 306 g/mol. The summed E-state index contributed by atoms with van der Waals surface area (Å²) < 4.78 is 0. The molecule has 2 aromatic rings. The van der Waals surface area contributed by atoms with E-state index >= 15 is 0 Å². The molecule has 4 nitrogen and oxygen atoms in total. The second-order valence-corrected chi connectivity index (χ2v) is 7.00. The molecule has 2 unspecified atom stereocenters. The molecule has 0 aliphatic carbocycles. The number of nitrogens with one attached hydrogen (secondary N) is 1. The Labute approximate surface area is 140 Å². The third kappa shape index (κ3) is 2.75. The van der Waals surface area contributed by atoms with Gasteiger partial charge in [-0.3, -0.25) is 9.78 Å². The minimum Gasteiger partial charge on any atom is -0.332 e. The SMILES string of the molecule is O=C(C1CSc2ccccc21)N1CCNCC1c1cccnc1. The number of aromatic nitrogens is 1. The van der Waals surface area contributed by atoms with E-state index in [2.05, 4.69) is 28.5 Å². The third-order valence-electron chi connectivity index (χ3n) is 4.59. The van der Waals surface area contributed by atoms with E-state index in [0.717, 1.165) is 31.0 Å². The van der Waals surface area contributed by atoms with Gasteiger partial charge >= 0.3 is 0 Å². The Morgan fingerprint density at radius 3 is 3.04 bits per heavy atom. The average molecular weight is 325 g/mol. The molecule has 0 bridgehead atoms. The van der Waals surface area contributed by atoms with E-state index in [1.54, 1.807) is 18.0 Å². The number of carbonyl (C=O) groups is 1. The van der Waals surface area contributed by atoms with Gasteiger partial charge in [-0.25, -0.2) is 0 Å². The lowest BCUT2D eigenvalue weighted by Crippen LogP contribution is -2.50. The Balaban J connectivity index is 1.62. The maximum atomic E-state index is 13.2. The van der Waals surface area contributed by atoms with Gasteiger partial charge in [-0.1, -0.05) is 24.3 Å². The Kier molecular flexibility index (Phi) is 4.06. The van der Waals surface area contributed by atoms with Crippen molar-refractivity contribution in [1.29, 1.82) is 0 Å². The van der Waals surface area contributed by atoms with Crippen LogP contribution in [0.2, 0.25) is 0 Å². The maximum Gasteiger partial charge on any atom is 0.231 e. The van der Waals surface area contributed by atoms with Crippen LogP contribution in [0.15, 0.2) is 53.7 Å². The van der Waals surface area contributed by atoms with Crippen molar-refractivity contribution in [2.24, 2.45) is 0 Å². The molecule has 0 spiro atoms. The lowest BCUT2D eigenvalue weighted by Gasteiger charge is -2.38. The molecule has 4 rings (SSSR count). The number of amides is 1. The number of fused-ring (bicyclic) bond motifs is 1. The zero-order valence-electron chi connectivity index (χ0n) is 12.8. The van der Waals surface area contributed by atoms with Gasteiger partial charge < -0.3 is 10.2 Å². The highest BCUT2D eigenvalue weighted by Crippen LogP contribution is 2.41. The predicted molar refractivity (Wildman–Crippen MR) is 91.5 cm³/mol. The monoisotopic (exact) mass is 325 g/mol. The van der Waals surface area contributed by atoms with E-state index in [1.165, 1.54) is 10.5 Å². The second-order valence-electron chi connectivity index (χ2n) is 5.94. The molecule has 1 aromatic carbocycles. The number of pyridine rings is 1. The van der Waals surface area contributed by atoms with E-state index in [-0.39, 0.29) is 17.9 Å². The number of nitrogens with zero attached hydrogens (tertiary/aromatic N) is 2. The molecule has 118 valence electrons. The van der Waals surface area contributed by atoms with Crippen LogP contribution >= 0.6 is 11.8 Å². The van der Waals surface area contributed by atoms with E-state index in [9.17, 15) is 4.79 Å². The first-order valence-corrected chi connectivity index (χ1v) is 8.96. The molecular formula is C18H19N3OS. The first kappa shape index (κ1) is 14.7. The van der Waals surface area contributed by atoms with Gasteiger partial charge in [-0.15, -0.1) is 11.8 Å². The molecule has 5 heteroatoms. The lowest BCUT2D eigenvalue weighted by molar-refractivity contribution is -0.135. The molecule has 0 saturated carbocycles. The van der Waals surface area contributed by atoms with Gasteiger partial charge in [0.15, 0.2) is 0 Å². The Morgan fingerprint density at radius 1 is 1.26 bits per heavy atom.